The fourth-order valence-corrected chi connectivity index (χ4v) is 5.08. The minimum Gasteiger partial charge on any atom is -0.342 e. The summed E-state index contributed by atoms with van der Waals surface area (Å²) < 4.78 is 25.4. The van der Waals surface area contributed by atoms with Crippen molar-refractivity contribution in [2.45, 2.75) is 36.1 Å². The summed E-state index contributed by atoms with van der Waals surface area (Å²) in [5.74, 6) is -0.163. The van der Waals surface area contributed by atoms with Gasteiger partial charge in [0.25, 0.3) is 5.91 Å². The van der Waals surface area contributed by atoms with Crippen molar-refractivity contribution in [3.8, 4) is 0 Å². The van der Waals surface area contributed by atoms with Crippen LogP contribution in [0.3, 0.4) is 0 Å². The molecule has 0 aliphatic heterocycles. The molecule has 1 heterocycles. The van der Waals surface area contributed by atoms with Gasteiger partial charge in [-0.25, -0.2) is 12.7 Å². The maximum atomic E-state index is 12.7. The minimum absolute atomic E-state index is 0.163. The molecule has 1 aromatic carbocycles. The highest BCUT2D eigenvalue weighted by Gasteiger charge is 2.38. The maximum absolute atomic E-state index is 12.7. The number of nitrogens with zero attached hydrogens (tertiary/aromatic N) is 1. The fraction of sp³-hybridized carbons (Fsp3) is 0.389. The van der Waals surface area contributed by atoms with Gasteiger partial charge in [0, 0.05) is 24.5 Å². The standard InChI is InChI=1S/C18H22N2O3S2/c1-20(2)25(22,23)15-9-7-14(8-10-15)17(21)19-18(11-3-4-12-18)16-6-5-13-24-16/h5-10,13H,3-4,11-12H2,1-2H3,(H,19,21). The number of amides is 1. The van der Waals surface area contributed by atoms with Crippen LogP contribution in [-0.2, 0) is 15.6 Å². The molecule has 0 atom stereocenters. The van der Waals surface area contributed by atoms with Gasteiger partial charge in [-0.15, -0.1) is 11.3 Å². The first-order chi connectivity index (χ1) is 11.8. The smallest absolute Gasteiger partial charge is 0.252 e. The van der Waals surface area contributed by atoms with Gasteiger partial charge in [0.15, 0.2) is 0 Å². The lowest BCUT2D eigenvalue weighted by molar-refractivity contribution is 0.0900. The molecular formula is C18H22N2O3S2. The lowest BCUT2D eigenvalue weighted by atomic mass is 9.94. The summed E-state index contributed by atoms with van der Waals surface area (Å²) in [6.45, 7) is 0. The second-order valence-electron chi connectivity index (χ2n) is 6.53. The number of sulfonamides is 1. The number of nitrogens with one attached hydrogen (secondary N) is 1. The second kappa shape index (κ2) is 6.90. The number of carbonyl (C=O) groups excluding carboxylic acids is 1. The highest BCUT2D eigenvalue weighted by molar-refractivity contribution is 7.89. The van der Waals surface area contributed by atoms with Crippen molar-refractivity contribution >= 4 is 27.3 Å². The summed E-state index contributed by atoms with van der Waals surface area (Å²) in [6, 6.07) is 10.2. The van der Waals surface area contributed by atoms with Crippen LogP contribution in [0.2, 0.25) is 0 Å². The SMILES string of the molecule is CN(C)S(=O)(=O)c1ccc(C(=O)NC2(c3cccs3)CCCC2)cc1. The number of carbonyl (C=O) groups is 1. The Morgan fingerprint density at radius 3 is 2.28 bits per heavy atom. The number of hydrogen-bond acceptors (Lipinski definition) is 4. The van der Waals surface area contributed by atoms with E-state index in [-0.39, 0.29) is 16.3 Å². The number of hydrogen-bond donors (Lipinski definition) is 1. The van der Waals surface area contributed by atoms with E-state index in [4.69, 9.17) is 0 Å². The minimum atomic E-state index is -3.49. The molecular weight excluding hydrogens is 356 g/mol. The normalized spacial score (nSPS) is 16.9. The monoisotopic (exact) mass is 378 g/mol. The Hall–Kier alpha value is -1.70. The molecule has 0 radical (unpaired) electrons. The first-order valence-corrected chi connectivity index (χ1v) is 10.6. The number of benzene rings is 1. The zero-order chi connectivity index (χ0) is 18.1. The van der Waals surface area contributed by atoms with Crippen molar-refractivity contribution in [1.82, 2.24) is 9.62 Å². The van der Waals surface area contributed by atoms with E-state index >= 15 is 0 Å². The Morgan fingerprint density at radius 2 is 1.76 bits per heavy atom. The molecule has 1 aromatic heterocycles. The molecule has 1 N–H and O–H groups in total. The highest BCUT2D eigenvalue weighted by Crippen LogP contribution is 2.41. The molecule has 0 unspecified atom stereocenters. The third-order valence-electron chi connectivity index (χ3n) is 4.70. The Balaban J connectivity index is 1.82. The first kappa shape index (κ1) is 18.1. The first-order valence-electron chi connectivity index (χ1n) is 8.24. The molecule has 1 amide bonds. The van der Waals surface area contributed by atoms with Gasteiger partial charge in [-0.3, -0.25) is 4.79 Å². The van der Waals surface area contributed by atoms with Gasteiger partial charge in [0.2, 0.25) is 10.0 Å². The van der Waals surface area contributed by atoms with Crippen molar-refractivity contribution in [3.63, 3.8) is 0 Å². The van der Waals surface area contributed by atoms with Crippen molar-refractivity contribution < 1.29 is 13.2 Å². The molecule has 1 fully saturated rings. The van der Waals surface area contributed by atoms with Gasteiger partial charge in [-0.2, -0.15) is 0 Å². The van der Waals surface area contributed by atoms with Crippen LogP contribution in [0.5, 0.6) is 0 Å². The molecule has 1 aliphatic carbocycles. The summed E-state index contributed by atoms with van der Waals surface area (Å²) >= 11 is 1.67. The van der Waals surface area contributed by atoms with Gasteiger partial charge < -0.3 is 5.32 Å². The molecule has 3 rings (SSSR count). The van der Waals surface area contributed by atoms with Gasteiger partial charge in [0.1, 0.15) is 0 Å². The van der Waals surface area contributed by atoms with E-state index in [1.165, 1.54) is 31.1 Å². The van der Waals surface area contributed by atoms with Gasteiger partial charge in [-0.1, -0.05) is 18.9 Å². The van der Waals surface area contributed by atoms with Crippen LogP contribution in [-0.4, -0.2) is 32.7 Å². The van der Waals surface area contributed by atoms with Gasteiger partial charge in [0.05, 0.1) is 10.4 Å². The van der Waals surface area contributed by atoms with E-state index in [1.807, 2.05) is 11.4 Å². The van der Waals surface area contributed by atoms with Crippen LogP contribution < -0.4 is 5.32 Å². The van der Waals surface area contributed by atoms with Crippen molar-refractivity contribution in [1.29, 1.82) is 0 Å². The van der Waals surface area contributed by atoms with Crippen LogP contribution in [0.25, 0.3) is 0 Å². The predicted molar refractivity (Wildman–Crippen MR) is 99.2 cm³/mol. The average Bonchev–Trinajstić information content (AvgIpc) is 3.27. The molecule has 1 aliphatic rings. The third-order valence-corrected chi connectivity index (χ3v) is 7.60. The maximum Gasteiger partial charge on any atom is 0.252 e. The summed E-state index contributed by atoms with van der Waals surface area (Å²) in [4.78, 5) is 14.1. The summed E-state index contributed by atoms with van der Waals surface area (Å²) in [7, 11) is -0.512. The Labute approximate surface area is 152 Å². The Bertz CT molecular complexity index is 835. The highest BCUT2D eigenvalue weighted by atomic mass is 32.2. The van der Waals surface area contributed by atoms with Crippen molar-refractivity contribution in [3.05, 3.63) is 52.2 Å². The quantitative estimate of drug-likeness (QED) is 0.869. The molecule has 134 valence electrons. The summed E-state index contributed by atoms with van der Waals surface area (Å²) in [5.41, 5.74) is 0.181. The van der Waals surface area contributed by atoms with Crippen LogP contribution in [0, 0.1) is 0 Å². The topological polar surface area (TPSA) is 66.5 Å². The fourth-order valence-electron chi connectivity index (χ4n) is 3.24. The molecule has 0 saturated heterocycles. The molecule has 1 saturated carbocycles. The molecule has 0 bridgehead atoms. The zero-order valence-electron chi connectivity index (χ0n) is 14.4. The van der Waals surface area contributed by atoms with Crippen LogP contribution in [0.15, 0.2) is 46.7 Å². The average molecular weight is 379 g/mol. The molecule has 0 spiro atoms. The van der Waals surface area contributed by atoms with Crippen LogP contribution in [0.4, 0.5) is 0 Å². The molecule has 2 aromatic rings. The van der Waals surface area contributed by atoms with Gasteiger partial charge in [-0.05, 0) is 48.6 Å². The summed E-state index contributed by atoms with van der Waals surface area (Å²) in [6.07, 6.45) is 4.06. The van der Waals surface area contributed by atoms with Crippen molar-refractivity contribution in [2.75, 3.05) is 14.1 Å². The Morgan fingerprint density at radius 1 is 1.12 bits per heavy atom. The van der Waals surface area contributed by atoms with Crippen LogP contribution >= 0.6 is 11.3 Å². The van der Waals surface area contributed by atoms with E-state index in [1.54, 1.807) is 23.5 Å². The predicted octanol–water partition coefficient (Wildman–Crippen LogP) is 3.20. The third kappa shape index (κ3) is 3.49. The van der Waals surface area contributed by atoms with E-state index in [2.05, 4.69) is 11.4 Å². The lowest BCUT2D eigenvalue weighted by Gasteiger charge is -2.29. The van der Waals surface area contributed by atoms with Gasteiger partial charge >= 0.3 is 0 Å². The Kier molecular flexibility index (Phi) is 4.99. The molecule has 25 heavy (non-hydrogen) atoms. The van der Waals surface area contributed by atoms with E-state index < -0.39 is 10.0 Å². The largest absolute Gasteiger partial charge is 0.342 e. The lowest BCUT2D eigenvalue weighted by Crippen LogP contribution is -2.43. The molecule has 5 nitrogen and oxygen atoms in total. The number of rotatable bonds is 5. The van der Waals surface area contributed by atoms with E-state index in [0.717, 1.165) is 30.0 Å². The summed E-state index contributed by atoms with van der Waals surface area (Å²) in [5, 5.41) is 5.23. The molecule has 7 heteroatoms. The second-order valence-corrected chi connectivity index (χ2v) is 9.63. The number of thiophene rings is 1. The zero-order valence-corrected chi connectivity index (χ0v) is 16.0. The van der Waals surface area contributed by atoms with E-state index in [9.17, 15) is 13.2 Å². The van der Waals surface area contributed by atoms with Crippen molar-refractivity contribution in [2.24, 2.45) is 0 Å². The van der Waals surface area contributed by atoms with Crippen LogP contribution in [0.1, 0.15) is 40.9 Å². The van der Waals surface area contributed by atoms with E-state index in [0.29, 0.717) is 5.56 Å².